The smallest absolute Gasteiger partial charge is 0.414 e. The normalized spacial score (nSPS) is 22.1. The molecule has 2 fully saturated rings. The molecule has 3 rings (SSSR count). The summed E-state index contributed by atoms with van der Waals surface area (Å²) in [6.45, 7) is 9.54. The van der Waals surface area contributed by atoms with Crippen LogP contribution in [0.5, 0.6) is 17.2 Å². The largest absolute Gasteiger partial charge is 0.493 e. The van der Waals surface area contributed by atoms with Gasteiger partial charge in [-0.05, 0) is 45.8 Å². The molecule has 0 amide bonds. The van der Waals surface area contributed by atoms with Gasteiger partial charge in [-0.25, -0.2) is 9.59 Å². The summed E-state index contributed by atoms with van der Waals surface area (Å²) in [6, 6.07) is 4.71. The van der Waals surface area contributed by atoms with Gasteiger partial charge in [0.2, 0.25) is 5.75 Å². The number of aliphatic carboxylic acids is 2. The number of likely N-dealkylation sites (tertiary alicyclic amines) is 1. The van der Waals surface area contributed by atoms with Gasteiger partial charge < -0.3 is 29.2 Å². The van der Waals surface area contributed by atoms with Gasteiger partial charge in [0.1, 0.15) is 0 Å². The number of hydrogen-bond donors (Lipinski definition) is 2. The van der Waals surface area contributed by atoms with Crippen molar-refractivity contribution in [2.45, 2.75) is 51.5 Å². The molecule has 10 nitrogen and oxygen atoms in total. The second-order valence-corrected chi connectivity index (χ2v) is 8.32. The van der Waals surface area contributed by atoms with E-state index in [2.05, 4.69) is 29.7 Å². The topological polar surface area (TPSA) is 118 Å². The van der Waals surface area contributed by atoms with Crippen LogP contribution < -0.4 is 14.2 Å². The Morgan fingerprint density at radius 3 is 1.94 bits per heavy atom. The number of carboxylic acids is 2. The van der Waals surface area contributed by atoms with Gasteiger partial charge in [-0.1, -0.05) is 6.07 Å². The lowest BCUT2D eigenvalue weighted by Gasteiger charge is -2.43. The quantitative estimate of drug-likeness (QED) is 0.600. The molecular formula is C23H36N2O8. The maximum atomic E-state index is 9.10. The number of benzene rings is 1. The molecule has 2 atom stereocenters. The fourth-order valence-corrected chi connectivity index (χ4v) is 4.49. The van der Waals surface area contributed by atoms with E-state index in [1.807, 2.05) is 6.07 Å². The molecule has 2 saturated heterocycles. The Morgan fingerprint density at radius 2 is 1.48 bits per heavy atom. The fourth-order valence-electron chi connectivity index (χ4n) is 4.49. The van der Waals surface area contributed by atoms with E-state index in [0.717, 1.165) is 44.0 Å². The van der Waals surface area contributed by atoms with Crippen molar-refractivity contribution in [2.24, 2.45) is 0 Å². The van der Waals surface area contributed by atoms with Crippen molar-refractivity contribution in [1.82, 2.24) is 9.80 Å². The Bertz CT molecular complexity index is 773. The monoisotopic (exact) mass is 468 g/mol. The number of ether oxygens (including phenoxy) is 4. The van der Waals surface area contributed by atoms with Gasteiger partial charge in [-0.3, -0.25) is 9.80 Å². The maximum Gasteiger partial charge on any atom is 0.414 e. The first-order chi connectivity index (χ1) is 15.7. The zero-order valence-corrected chi connectivity index (χ0v) is 20.1. The molecule has 2 N–H and O–H groups in total. The van der Waals surface area contributed by atoms with Crippen LogP contribution in [0.3, 0.4) is 0 Å². The first-order valence-electron chi connectivity index (χ1n) is 11.1. The highest BCUT2D eigenvalue weighted by atomic mass is 16.5. The first-order valence-corrected chi connectivity index (χ1v) is 11.1. The molecule has 10 heteroatoms. The number of hydrogen-bond acceptors (Lipinski definition) is 8. The standard InChI is InChI=1S/C21H34N2O4.C2H2O4/c1-15-12-23(13-16(2)27-15)18-8-10-22(11-9-18)14-17-6-7-19(24-3)21(26-5)20(17)25-4;3-1(4)2(5)6/h6-7,15-16,18H,8-14H2,1-5H3;(H,3,4)(H,5,6). The first kappa shape index (κ1) is 26.7. The second kappa shape index (κ2) is 12.6. The van der Waals surface area contributed by atoms with Gasteiger partial charge in [0.15, 0.2) is 11.5 Å². The summed E-state index contributed by atoms with van der Waals surface area (Å²) in [5.41, 5.74) is 1.14. The Labute approximate surface area is 195 Å². The van der Waals surface area contributed by atoms with Gasteiger partial charge >= 0.3 is 11.9 Å². The van der Waals surface area contributed by atoms with Crippen molar-refractivity contribution >= 4 is 11.9 Å². The number of nitrogens with zero attached hydrogens (tertiary/aromatic N) is 2. The zero-order chi connectivity index (χ0) is 24.5. The van der Waals surface area contributed by atoms with E-state index in [9.17, 15) is 0 Å². The van der Waals surface area contributed by atoms with Gasteiger partial charge in [0.25, 0.3) is 0 Å². The van der Waals surface area contributed by atoms with Crippen molar-refractivity contribution in [2.75, 3.05) is 47.5 Å². The van der Waals surface area contributed by atoms with Crippen LogP contribution in [0.2, 0.25) is 0 Å². The summed E-state index contributed by atoms with van der Waals surface area (Å²) >= 11 is 0. The van der Waals surface area contributed by atoms with E-state index >= 15 is 0 Å². The van der Waals surface area contributed by atoms with E-state index < -0.39 is 11.9 Å². The second-order valence-electron chi connectivity index (χ2n) is 8.32. The molecule has 0 radical (unpaired) electrons. The molecule has 0 aliphatic carbocycles. The Kier molecular flexibility index (Phi) is 10.2. The SMILES string of the molecule is COc1ccc(CN2CCC(N3CC(C)OC(C)C3)CC2)c(OC)c1OC.O=C(O)C(=O)O. The molecule has 1 aromatic carbocycles. The van der Waals surface area contributed by atoms with Crippen molar-refractivity contribution in [3.8, 4) is 17.2 Å². The average Bonchev–Trinajstić information content (AvgIpc) is 2.78. The minimum Gasteiger partial charge on any atom is -0.493 e. The van der Waals surface area contributed by atoms with Crippen LogP contribution in [0.4, 0.5) is 0 Å². The van der Waals surface area contributed by atoms with Crippen LogP contribution in [0.25, 0.3) is 0 Å². The van der Waals surface area contributed by atoms with Crippen LogP contribution in [0.1, 0.15) is 32.3 Å². The third-order valence-electron chi connectivity index (χ3n) is 5.88. The number of morpholine rings is 1. The van der Waals surface area contributed by atoms with Crippen LogP contribution in [0, 0.1) is 0 Å². The minimum absolute atomic E-state index is 0.336. The third-order valence-corrected chi connectivity index (χ3v) is 5.88. The maximum absolute atomic E-state index is 9.10. The van der Waals surface area contributed by atoms with Gasteiger partial charge in [0.05, 0.1) is 33.5 Å². The van der Waals surface area contributed by atoms with E-state index in [0.29, 0.717) is 29.7 Å². The molecule has 0 spiro atoms. The summed E-state index contributed by atoms with van der Waals surface area (Å²) in [5.74, 6) is -1.50. The van der Waals surface area contributed by atoms with Gasteiger partial charge in [-0.2, -0.15) is 0 Å². The average molecular weight is 469 g/mol. The lowest BCUT2D eigenvalue weighted by Crippen LogP contribution is -2.53. The number of rotatable bonds is 6. The van der Waals surface area contributed by atoms with Crippen molar-refractivity contribution in [1.29, 1.82) is 0 Å². The molecule has 0 saturated carbocycles. The van der Waals surface area contributed by atoms with Crippen LogP contribution >= 0.6 is 0 Å². The molecule has 2 heterocycles. The van der Waals surface area contributed by atoms with E-state index in [1.165, 1.54) is 12.8 Å². The Balaban J connectivity index is 0.000000569. The van der Waals surface area contributed by atoms with Gasteiger partial charge in [0, 0.05) is 31.2 Å². The molecule has 1 aromatic rings. The van der Waals surface area contributed by atoms with Gasteiger partial charge in [-0.15, -0.1) is 0 Å². The molecule has 0 bridgehead atoms. The zero-order valence-electron chi connectivity index (χ0n) is 20.1. The van der Waals surface area contributed by atoms with E-state index in [4.69, 9.17) is 38.7 Å². The summed E-state index contributed by atoms with van der Waals surface area (Å²) in [6.07, 6.45) is 3.08. The highest BCUT2D eigenvalue weighted by Crippen LogP contribution is 2.40. The van der Waals surface area contributed by atoms with Crippen molar-refractivity contribution in [3.05, 3.63) is 17.7 Å². The van der Waals surface area contributed by atoms with Crippen LogP contribution in [-0.4, -0.2) is 97.7 Å². The van der Waals surface area contributed by atoms with Crippen LogP contribution in [0.15, 0.2) is 12.1 Å². The Hall–Kier alpha value is -2.56. The summed E-state index contributed by atoms with van der Waals surface area (Å²) in [7, 11) is 4.99. The molecule has 33 heavy (non-hydrogen) atoms. The van der Waals surface area contributed by atoms with E-state index in [1.54, 1.807) is 21.3 Å². The lowest BCUT2D eigenvalue weighted by atomic mass is 10.0. The van der Waals surface area contributed by atoms with Crippen molar-refractivity contribution < 1.29 is 38.7 Å². The highest BCUT2D eigenvalue weighted by Gasteiger charge is 2.30. The summed E-state index contributed by atoms with van der Waals surface area (Å²) < 4.78 is 22.4. The van der Waals surface area contributed by atoms with Crippen LogP contribution in [-0.2, 0) is 20.9 Å². The molecule has 0 aromatic heterocycles. The Morgan fingerprint density at radius 1 is 0.939 bits per heavy atom. The summed E-state index contributed by atoms with van der Waals surface area (Å²) in [5, 5.41) is 14.8. The van der Waals surface area contributed by atoms with E-state index in [-0.39, 0.29) is 0 Å². The molecule has 2 aliphatic rings. The number of piperidine rings is 1. The molecule has 186 valence electrons. The minimum atomic E-state index is -1.82. The predicted molar refractivity (Wildman–Crippen MR) is 121 cm³/mol. The fraction of sp³-hybridized carbons (Fsp3) is 0.652. The number of methoxy groups -OCH3 is 3. The third kappa shape index (κ3) is 7.48. The predicted octanol–water partition coefficient (Wildman–Crippen LogP) is 1.94. The molecule has 2 unspecified atom stereocenters. The van der Waals surface area contributed by atoms with Crippen molar-refractivity contribution in [3.63, 3.8) is 0 Å². The number of carboxylic acid groups (broad SMARTS) is 2. The summed E-state index contributed by atoms with van der Waals surface area (Å²) in [4.78, 5) is 23.3. The molecule has 2 aliphatic heterocycles. The lowest BCUT2D eigenvalue weighted by molar-refractivity contribution is -0.159. The number of carbonyl (C=O) groups is 2. The highest BCUT2D eigenvalue weighted by molar-refractivity contribution is 6.27. The molecular weight excluding hydrogens is 432 g/mol.